The zero-order chi connectivity index (χ0) is 12.7. The van der Waals surface area contributed by atoms with E-state index in [1.165, 1.54) is 0 Å². The molecule has 86 valence electrons. The molecule has 5 nitrogen and oxygen atoms in total. The normalized spacial score (nSPS) is 12.4. The molecule has 1 aromatic carbocycles. The molecular weight excluding hydrogens is 206 g/mol. The monoisotopic (exact) mass is 222 g/mol. The fourth-order valence-corrected chi connectivity index (χ4v) is 1.35. The molecule has 0 radical (unpaired) electrons. The summed E-state index contributed by atoms with van der Waals surface area (Å²) in [5.74, 6) is 4.06. The molecule has 0 saturated heterocycles. The molecule has 0 aliphatic rings. The van der Waals surface area contributed by atoms with E-state index in [4.69, 9.17) is 7.21 Å². The Labute approximate surface area is 95.4 Å². The van der Waals surface area contributed by atoms with Gasteiger partial charge in [-0.1, -0.05) is 30.3 Å². The van der Waals surface area contributed by atoms with E-state index in [0.29, 0.717) is 6.42 Å². The number of amides is 2. The molecule has 0 aliphatic carbocycles. The smallest absolute Gasteiger partial charge is 0.256 e. The number of carbonyl (C=O) groups is 2. The van der Waals surface area contributed by atoms with E-state index in [2.05, 4.69) is 5.32 Å². The molecule has 1 atom stereocenters. The molecule has 0 aliphatic heterocycles. The van der Waals surface area contributed by atoms with Crippen molar-refractivity contribution < 1.29 is 11.0 Å². The van der Waals surface area contributed by atoms with E-state index in [1.807, 2.05) is 35.8 Å². The standard InChI is InChI=1S/C11H15N3O2/c1-8(15)13-10(11(16)14-12)7-9-5-3-2-4-6-9/h2-6,10H,7,12H2,1H3,(H,13,15)(H,14,16)/t10-/m0/s1/i1D. The van der Waals surface area contributed by atoms with E-state index in [9.17, 15) is 9.59 Å². The summed E-state index contributed by atoms with van der Waals surface area (Å²) in [5, 5.41) is 2.45. The number of carbonyl (C=O) groups excluding carboxylic acids is 2. The van der Waals surface area contributed by atoms with E-state index < -0.39 is 24.8 Å². The highest BCUT2D eigenvalue weighted by molar-refractivity contribution is 5.86. The lowest BCUT2D eigenvalue weighted by Crippen LogP contribution is -2.49. The molecule has 0 aromatic heterocycles. The van der Waals surface area contributed by atoms with Gasteiger partial charge < -0.3 is 5.32 Å². The van der Waals surface area contributed by atoms with Gasteiger partial charge in [-0.2, -0.15) is 0 Å². The molecule has 0 bridgehead atoms. The Morgan fingerprint density at radius 1 is 1.44 bits per heavy atom. The van der Waals surface area contributed by atoms with Crippen LogP contribution in [0.5, 0.6) is 0 Å². The van der Waals surface area contributed by atoms with Crippen LogP contribution in [0.3, 0.4) is 0 Å². The van der Waals surface area contributed by atoms with Crippen LogP contribution >= 0.6 is 0 Å². The number of hydrogen-bond acceptors (Lipinski definition) is 3. The Bertz CT molecular complexity index is 384. The van der Waals surface area contributed by atoms with E-state index in [-0.39, 0.29) is 0 Å². The summed E-state index contributed by atoms with van der Waals surface area (Å²) in [6.07, 6.45) is 0.343. The number of benzene rings is 1. The summed E-state index contributed by atoms with van der Waals surface area (Å²) >= 11 is 0. The Hall–Kier alpha value is -1.88. The SMILES string of the molecule is [2H]CC(=O)N[C@@H](Cc1ccccc1)C(=O)NN. The second kappa shape index (κ2) is 5.87. The van der Waals surface area contributed by atoms with Gasteiger partial charge in [0.1, 0.15) is 6.04 Å². The number of nitrogens with one attached hydrogen (secondary N) is 2. The van der Waals surface area contributed by atoms with Crippen molar-refractivity contribution in [3.63, 3.8) is 0 Å². The van der Waals surface area contributed by atoms with Crippen molar-refractivity contribution in [2.75, 3.05) is 0 Å². The van der Waals surface area contributed by atoms with Crippen LogP contribution in [0.4, 0.5) is 0 Å². The maximum atomic E-state index is 11.5. The Morgan fingerprint density at radius 2 is 2.12 bits per heavy atom. The van der Waals surface area contributed by atoms with Gasteiger partial charge in [0, 0.05) is 14.7 Å². The van der Waals surface area contributed by atoms with Crippen LogP contribution in [-0.2, 0) is 16.0 Å². The van der Waals surface area contributed by atoms with Crippen LogP contribution in [0.1, 0.15) is 13.8 Å². The van der Waals surface area contributed by atoms with Crippen LogP contribution in [0.15, 0.2) is 30.3 Å². The van der Waals surface area contributed by atoms with Crippen molar-refractivity contribution in [2.24, 2.45) is 5.84 Å². The highest BCUT2D eigenvalue weighted by atomic mass is 16.2. The van der Waals surface area contributed by atoms with Gasteiger partial charge in [-0.3, -0.25) is 15.0 Å². The van der Waals surface area contributed by atoms with Crippen molar-refractivity contribution in [3.05, 3.63) is 35.9 Å². The molecule has 0 spiro atoms. The highest BCUT2D eigenvalue weighted by Gasteiger charge is 2.18. The second-order valence-electron chi connectivity index (χ2n) is 3.32. The summed E-state index contributed by atoms with van der Waals surface area (Å²) in [6.45, 7) is -0.414. The second-order valence-corrected chi connectivity index (χ2v) is 3.32. The van der Waals surface area contributed by atoms with Gasteiger partial charge in [0.05, 0.1) is 0 Å². The highest BCUT2D eigenvalue weighted by Crippen LogP contribution is 2.03. The zero-order valence-electron chi connectivity index (χ0n) is 9.77. The summed E-state index contributed by atoms with van der Waals surface area (Å²) in [5.41, 5.74) is 2.91. The van der Waals surface area contributed by atoms with Crippen molar-refractivity contribution in [2.45, 2.75) is 19.4 Å². The average Bonchev–Trinajstić information content (AvgIpc) is 2.38. The number of nitrogens with two attached hydrogens (primary N) is 1. The zero-order valence-corrected chi connectivity index (χ0v) is 8.77. The molecule has 1 aromatic rings. The number of hydrogen-bond donors (Lipinski definition) is 3. The molecule has 5 heteroatoms. The van der Waals surface area contributed by atoms with Crippen LogP contribution in [-0.4, -0.2) is 17.9 Å². The first-order chi connectivity index (χ1) is 8.17. The molecule has 2 amide bonds. The van der Waals surface area contributed by atoms with Crippen LogP contribution in [0.25, 0.3) is 0 Å². The molecule has 0 saturated carbocycles. The van der Waals surface area contributed by atoms with E-state index in [0.717, 1.165) is 5.56 Å². The van der Waals surface area contributed by atoms with E-state index in [1.54, 1.807) is 0 Å². The van der Waals surface area contributed by atoms with Gasteiger partial charge in [0.25, 0.3) is 5.91 Å². The first-order valence-corrected chi connectivity index (χ1v) is 4.80. The third-order valence-electron chi connectivity index (χ3n) is 2.08. The summed E-state index contributed by atoms with van der Waals surface area (Å²) < 4.78 is 6.90. The van der Waals surface area contributed by atoms with Gasteiger partial charge >= 0.3 is 0 Å². The van der Waals surface area contributed by atoms with Crippen LogP contribution in [0.2, 0.25) is 0 Å². The first kappa shape index (κ1) is 10.6. The molecular formula is C11H15N3O2. The Kier molecular flexibility index (Phi) is 3.90. The minimum Gasteiger partial charge on any atom is -0.344 e. The quantitative estimate of drug-likeness (QED) is 0.372. The molecule has 0 unspecified atom stereocenters. The topological polar surface area (TPSA) is 84.2 Å². The Balaban J connectivity index is 2.70. The Morgan fingerprint density at radius 3 is 2.69 bits per heavy atom. The van der Waals surface area contributed by atoms with Gasteiger partial charge in [0.2, 0.25) is 5.91 Å². The lowest BCUT2D eigenvalue weighted by Gasteiger charge is -2.15. The summed E-state index contributed by atoms with van der Waals surface area (Å²) in [6, 6.07) is 8.51. The molecule has 4 N–H and O–H groups in total. The van der Waals surface area contributed by atoms with Crippen molar-refractivity contribution in [3.8, 4) is 0 Å². The van der Waals surface area contributed by atoms with Crippen molar-refractivity contribution in [1.29, 1.82) is 0 Å². The fraction of sp³-hybridized carbons (Fsp3) is 0.273. The van der Waals surface area contributed by atoms with Gasteiger partial charge in [-0.25, -0.2) is 5.84 Å². The van der Waals surface area contributed by atoms with Gasteiger partial charge in [-0.15, -0.1) is 0 Å². The maximum Gasteiger partial charge on any atom is 0.256 e. The van der Waals surface area contributed by atoms with E-state index >= 15 is 0 Å². The third kappa shape index (κ3) is 3.70. The predicted molar refractivity (Wildman–Crippen MR) is 60.1 cm³/mol. The van der Waals surface area contributed by atoms with Crippen LogP contribution in [0, 0.1) is 0 Å². The number of hydrazine groups is 1. The lowest BCUT2D eigenvalue weighted by molar-refractivity contribution is -0.128. The van der Waals surface area contributed by atoms with Gasteiger partial charge in [-0.05, 0) is 5.56 Å². The summed E-state index contributed by atoms with van der Waals surface area (Å²) in [7, 11) is 0. The number of rotatable bonds is 4. The maximum absolute atomic E-state index is 11.5. The lowest BCUT2D eigenvalue weighted by atomic mass is 10.1. The molecule has 0 fully saturated rings. The third-order valence-corrected chi connectivity index (χ3v) is 2.08. The predicted octanol–water partition coefficient (Wildman–Crippen LogP) is -0.276. The molecule has 0 heterocycles. The van der Waals surface area contributed by atoms with Crippen molar-refractivity contribution in [1.82, 2.24) is 10.7 Å². The van der Waals surface area contributed by atoms with Crippen LogP contribution < -0.4 is 16.6 Å². The first-order valence-electron chi connectivity index (χ1n) is 5.51. The molecule has 1 rings (SSSR count). The minimum atomic E-state index is -0.750. The van der Waals surface area contributed by atoms with Gasteiger partial charge in [0.15, 0.2) is 0 Å². The minimum absolute atomic E-state index is 0.343. The molecule has 16 heavy (non-hydrogen) atoms. The van der Waals surface area contributed by atoms with Crippen molar-refractivity contribution >= 4 is 11.8 Å². The largest absolute Gasteiger partial charge is 0.344 e. The fourth-order valence-electron chi connectivity index (χ4n) is 1.35. The average molecular weight is 222 g/mol. The summed E-state index contributed by atoms with van der Waals surface area (Å²) in [4.78, 5) is 22.6.